The Morgan fingerprint density at radius 2 is 1.77 bits per heavy atom. The molecule has 1 aromatic rings. The molecule has 0 unspecified atom stereocenters. The molecule has 26 heavy (non-hydrogen) atoms. The molecule has 8 heteroatoms. The quantitative estimate of drug-likeness (QED) is 0.343. The predicted octanol–water partition coefficient (Wildman–Crippen LogP) is 4.09. The van der Waals surface area contributed by atoms with Crippen molar-refractivity contribution in [2.24, 2.45) is 0 Å². The van der Waals surface area contributed by atoms with E-state index in [9.17, 15) is 5.11 Å². The number of aliphatic hydroxyl groups excluding tert-OH is 1. The molecule has 1 aromatic heterocycles. The van der Waals surface area contributed by atoms with Gasteiger partial charge in [-0.15, -0.1) is 5.10 Å². The van der Waals surface area contributed by atoms with Crippen molar-refractivity contribution in [1.29, 1.82) is 0 Å². The molecule has 6 nitrogen and oxygen atoms in total. The summed E-state index contributed by atoms with van der Waals surface area (Å²) in [5, 5.41) is 14.1. The average molecular weight is 403 g/mol. The van der Waals surface area contributed by atoms with Crippen molar-refractivity contribution in [3.63, 3.8) is 0 Å². The zero-order valence-electron chi connectivity index (χ0n) is 17.9. The second-order valence-corrected chi connectivity index (χ2v) is 19.9. The molecule has 0 fully saturated rings. The summed E-state index contributed by atoms with van der Waals surface area (Å²) in [6.45, 7) is 20.1. The first-order valence-electron chi connectivity index (χ1n) is 9.38. The predicted molar refractivity (Wildman–Crippen MR) is 111 cm³/mol. The third kappa shape index (κ3) is 7.91. The Morgan fingerprint density at radius 1 is 1.12 bits per heavy atom. The van der Waals surface area contributed by atoms with Crippen LogP contribution in [0.25, 0.3) is 0 Å². The van der Waals surface area contributed by atoms with Crippen LogP contribution in [0.4, 0.5) is 0 Å². The first-order chi connectivity index (χ1) is 11.9. The van der Waals surface area contributed by atoms with Crippen molar-refractivity contribution in [2.45, 2.75) is 77.7 Å². The fourth-order valence-electron chi connectivity index (χ4n) is 1.96. The van der Waals surface area contributed by atoms with E-state index in [-0.39, 0.29) is 18.4 Å². The molecule has 152 valence electrons. The summed E-state index contributed by atoms with van der Waals surface area (Å²) in [7, 11) is -2.86. The van der Waals surface area contributed by atoms with Gasteiger partial charge in [0.05, 0.1) is 25.5 Å². The van der Waals surface area contributed by atoms with Crippen LogP contribution < -0.4 is 4.74 Å². The van der Waals surface area contributed by atoms with Gasteiger partial charge < -0.3 is 19.0 Å². The highest BCUT2D eigenvalue weighted by atomic mass is 28.4. The molecule has 0 saturated heterocycles. The minimum Gasteiger partial charge on any atom is -0.449 e. The van der Waals surface area contributed by atoms with Crippen LogP contribution in [0.15, 0.2) is 6.07 Å². The third-order valence-electron chi connectivity index (χ3n) is 4.86. The van der Waals surface area contributed by atoms with Crippen molar-refractivity contribution >= 4 is 16.4 Å². The maximum absolute atomic E-state index is 9.54. The highest BCUT2D eigenvalue weighted by Gasteiger charge is 2.36. The van der Waals surface area contributed by atoms with Crippen LogP contribution in [-0.2, 0) is 22.3 Å². The second-order valence-electron chi connectivity index (χ2n) is 9.45. The fraction of sp³-hybridized carbons (Fsp3) is 0.833. The van der Waals surface area contributed by atoms with Gasteiger partial charge in [-0.3, -0.25) is 4.68 Å². The average Bonchev–Trinajstić information content (AvgIpc) is 2.86. The van der Waals surface area contributed by atoms with E-state index in [0.717, 1.165) is 11.7 Å². The van der Waals surface area contributed by atoms with E-state index in [1.165, 1.54) is 0 Å². The Kier molecular flexibility index (Phi) is 8.54. The lowest BCUT2D eigenvalue weighted by molar-refractivity contribution is 0.0189. The van der Waals surface area contributed by atoms with Gasteiger partial charge in [0.1, 0.15) is 0 Å². The van der Waals surface area contributed by atoms with Gasteiger partial charge in [-0.25, -0.2) is 0 Å². The van der Waals surface area contributed by atoms with Gasteiger partial charge in [-0.2, -0.15) is 0 Å². The number of aromatic nitrogens is 2. The molecule has 0 saturated carbocycles. The van der Waals surface area contributed by atoms with Crippen molar-refractivity contribution in [3.8, 4) is 5.88 Å². The maximum Gasteiger partial charge on any atom is 0.235 e. The van der Waals surface area contributed by atoms with Gasteiger partial charge in [0, 0.05) is 20.7 Å². The van der Waals surface area contributed by atoms with Crippen LogP contribution in [0.5, 0.6) is 5.88 Å². The summed E-state index contributed by atoms with van der Waals surface area (Å²) < 4.78 is 19.0. The summed E-state index contributed by atoms with van der Waals surface area (Å²) >= 11 is 0. The molecular weight excluding hydrogens is 364 g/mol. The topological polar surface area (TPSA) is 65.7 Å². The van der Waals surface area contributed by atoms with E-state index >= 15 is 0 Å². The molecule has 0 aliphatic heterocycles. The van der Waals surface area contributed by atoms with Crippen molar-refractivity contribution in [1.82, 2.24) is 9.78 Å². The molecule has 0 amide bonds. The Labute approximate surface area is 161 Å². The molecule has 0 bridgehead atoms. The molecular formula is C18H38N2O4Si2. The van der Waals surface area contributed by atoms with Crippen molar-refractivity contribution in [3.05, 3.63) is 11.8 Å². The molecule has 1 heterocycles. The Morgan fingerprint density at radius 3 is 2.31 bits per heavy atom. The van der Waals surface area contributed by atoms with E-state index in [1.54, 1.807) is 10.7 Å². The molecule has 1 N–H and O–H groups in total. The van der Waals surface area contributed by atoms with Crippen LogP contribution in [0.1, 0.15) is 26.5 Å². The zero-order chi connectivity index (χ0) is 20.0. The first kappa shape index (κ1) is 23.4. The van der Waals surface area contributed by atoms with Gasteiger partial charge in [-0.1, -0.05) is 40.4 Å². The number of hydrogen-bond donors (Lipinski definition) is 1. The normalized spacial score (nSPS) is 13.3. The Balaban J connectivity index is 2.48. The van der Waals surface area contributed by atoms with Crippen LogP contribution >= 0.6 is 0 Å². The number of ether oxygens (including phenoxy) is 2. The highest BCUT2D eigenvalue weighted by molar-refractivity contribution is 6.76. The maximum atomic E-state index is 9.54. The first-order valence-corrected chi connectivity index (χ1v) is 16.0. The Bertz CT molecular complexity index is 548. The summed E-state index contributed by atoms with van der Waals surface area (Å²) in [5.41, 5.74) is 0.723. The van der Waals surface area contributed by atoms with Crippen LogP contribution in [0.2, 0.25) is 43.8 Å². The lowest BCUT2D eigenvalue weighted by Gasteiger charge is -2.36. The fourth-order valence-corrected chi connectivity index (χ4v) is 3.75. The largest absolute Gasteiger partial charge is 0.449 e. The van der Waals surface area contributed by atoms with E-state index in [4.69, 9.17) is 13.9 Å². The number of rotatable bonds is 11. The SMILES string of the molecule is CC(C)(C)[Si](C)(C)OCCn1nc(OCOCC[Si](C)(C)C)cc1CO. The zero-order valence-corrected chi connectivity index (χ0v) is 19.9. The van der Waals surface area contributed by atoms with E-state index < -0.39 is 16.4 Å². The van der Waals surface area contributed by atoms with Gasteiger partial charge in [0.2, 0.25) is 5.88 Å². The third-order valence-corrected chi connectivity index (χ3v) is 11.1. The second kappa shape index (κ2) is 9.50. The van der Waals surface area contributed by atoms with Crippen molar-refractivity contribution < 1.29 is 19.0 Å². The van der Waals surface area contributed by atoms with Crippen LogP contribution in [-0.4, -0.2) is 51.3 Å². The highest BCUT2D eigenvalue weighted by Crippen LogP contribution is 2.36. The van der Waals surface area contributed by atoms with E-state index in [0.29, 0.717) is 25.6 Å². The summed E-state index contributed by atoms with van der Waals surface area (Å²) in [4.78, 5) is 0. The van der Waals surface area contributed by atoms with Crippen molar-refractivity contribution in [2.75, 3.05) is 20.0 Å². The van der Waals surface area contributed by atoms with Crippen LogP contribution in [0.3, 0.4) is 0 Å². The smallest absolute Gasteiger partial charge is 0.235 e. The summed E-state index contributed by atoms with van der Waals surface area (Å²) in [6, 6.07) is 2.87. The van der Waals surface area contributed by atoms with Gasteiger partial charge >= 0.3 is 0 Å². The van der Waals surface area contributed by atoms with Gasteiger partial charge in [0.15, 0.2) is 15.1 Å². The minimum atomic E-state index is -1.78. The number of aliphatic hydroxyl groups is 1. The standard InChI is InChI=1S/C18H38N2O4Si2/c1-18(2,3)26(7,8)24-10-9-20-16(14-21)13-17(19-20)23-15-22-11-12-25(4,5)6/h13,21H,9-12,14-15H2,1-8H3. The molecule has 0 radical (unpaired) electrons. The monoisotopic (exact) mass is 402 g/mol. The molecule has 0 aromatic carbocycles. The molecule has 0 aliphatic rings. The summed E-state index contributed by atoms with van der Waals surface area (Å²) in [6.07, 6.45) is 0. The molecule has 0 spiro atoms. The van der Waals surface area contributed by atoms with E-state index in [1.807, 2.05) is 0 Å². The van der Waals surface area contributed by atoms with Gasteiger partial charge in [0.25, 0.3) is 0 Å². The number of hydrogen-bond acceptors (Lipinski definition) is 5. The summed E-state index contributed by atoms with van der Waals surface area (Å²) in [5.74, 6) is 0.481. The van der Waals surface area contributed by atoms with Gasteiger partial charge in [-0.05, 0) is 24.2 Å². The minimum absolute atomic E-state index is 0.0765. The number of nitrogens with zero attached hydrogens (tertiary/aromatic N) is 2. The molecule has 0 aliphatic carbocycles. The molecule has 1 rings (SSSR count). The van der Waals surface area contributed by atoms with E-state index in [2.05, 4.69) is 58.6 Å². The lowest BCUT2D eigenvalue weighted by atomic mass is 10.2. The Hall–Kier alpha value is -0.676. The molecule has 0 atom stereocenters. The van der Waals surface area contributed by atoms with Crippen LogP contribution in [0, 0.1) is 0 Å². The lowest BCUT2D eigenvalue weighted by Crippen LogP contribution is -2.41.